The Morgan fingerprint density at radius 3 is 2.94 bits per heavy atom. The topological polar surface area (TPSA) is 29.3 Å². The number of fused-ring (bicyclic) bond motifs is 1. The molecule has 18 heavy (non-hydrogen) atoms. The first kappa shape index (κ1) is 11.7. The highest BCUT2D eigenvalue weighted by molar-refractivity contribution is 5.39. The van der Waals surface area contributed by atoms with Gasteiger partial charge in [0.05, 0.1) is 5.69 Å². The van der Waals surface area contributed by atoms with Crippen LogP contribution in [-0.4, -0.2) is 15.9 Å². The SMILES string of the molecule is CCC1(CNCc2cn3ccccc3n2)CCC1. The molecule has 0 saturated heterocycles. The molecule has 1 aliphatic rings. The molecule has 96 valence electrons. The standard InChI is InChI=1S/C15H21N3/c1-2-15(7-5-8-15)12-16-10-13-11-18-9-4-3-6-14(18)17-13/h3-4,6,9,11,16H,2,5,7-8,10,12H2,1H3. The Hall–Kier alpha value is -1.35. The fourth-order valence-corrected chi connectivity index (χ4v) is 2.86. The van der Waals surface area contributed by atoms with Crippen LogP contribution < -0.4 is 5.32 Å². The van der Waals surface area contributed by atoms with Gasteiger partial charge in [0.15, 0.2) is 0 Å². The summed E-state index contributed by atoms with van der Waals surface area (Å²) >= 11 is 0. The van der Waals surface area contributed by atoms with Crippen LogP contribution in [0.4, 0.5) is 0 Å². The first-order valence-electron chi connectivity index (χ1n) is 6.95. The summed E-state index contributed by atoms with van der Waals surface area (Å²) in [5.41, 5.74) is 2.74. The van der Waals surface area contributed by atoms with E-state index >= 15 is 0 Å². The Labute approximate surface area is 108 Å². The molecule has 3 heteroatoms. The fraction of sp³-hybridized carbons (Fsp3) is 0.533. The lowest BCUT2D eigenvalue weighted by atomic mass is 9.67. The van der Waals surface area contributed by atoms with E-state index < -0.39 is 0 Å². The Kier molecular flexibility index (Phi) is 3.08. The van der Waals surface area contributed by atoms with Crippen molar-refractivity contribution in [3.8, 4) is 0 Å². The highest BCUT2D eigenvalue weighted by Crippen LogP contribution is 2.43. The van der Waals surface area contributed by atoms with Gasteiger partial charge in [-0.3, -0.25) is 0 Å². The number of hydrogen-bond donors (Lipinski definition) is 1. The van der Waals surface area contributed by atoms with Crippen molar-refractivity contribution >= 4 is 5.65 Å². The highest BCUT2D eigenvalue weighted by Gasteiger charge is 2.34. The van der Waals surface area contributed by atoms with Gasteiger partial charge in [0.25, 0.3) is 0 Å². The molecule has 2 aromatic heterocycles. The molecule has 0 unspecified atom stereocenters. The molecular weight excluding hydrogens is 222 g/mol. The van der Waals surface area contributed by atoms with Crippen molar-refractivity contribution in [2.75, 3.05) is 6.54 Å². The van der Waals surface area contributed by atoms with E-state index in [1.54, 1.807) is 0 Å². The molecule has 3 nitrogen and oxygen atoms in total. The maximum Gasteiger partial charge on any atom is 0.137 e. The van der Waals surface area contributed by atoms with E-state index in [4.69, 9.17) is 0 Å². The van der Waals surface area contributed by atoms with Gasteiger partial charge in [0.1, 0.15) is 5.65 Å². The Bertz CT molecular complexity index is 487. The van der Waals surface area contributed by atoms with E-state index in [0.29, 0.717) is 5.41 Å². The van der Waals surface area contributed by atoms with E-state index in [-0.39, 0.29) is 0 Å². The van der Waals surface area contributed by atoms with E-state index in [1.807, 2.05) is 24.4 Å². The van der Waals surface area contributed by atoms with E-state index in [0.717, 1.165) is 24.4 Å². The molecule has 0 radical (unpaired) electrons. The quantitative estimate of drug-likeness (QED) is 0.874. The average molecular weight is 243 g/mol. The number of nitrogens with zero attached hydrogens (tertiary/aromatic N) is 2. The number of nitrogens with one attached hydrogen (secondary N) is 1. The van der Waals surface area contributed by atoms with Crippen molar-refractivity contribution in [2.24, 2.45) is 5.41 Å². The zero-order valence-electron chi connectivity index (χ0n) is 11.0. The first-order chi connectivity index (χ1) is 8.81. The summed E-state index contributed by atoms with van der Waals surface area (Å²) in [5, 5.41) is 3.58. The second kappa shape index (κ2) is 4.73. The molecule has 2 aromatic rings. The van der Waals surface area contributed by atoms with Gasteiger partial charge in [-0.1, -0.05) is 19.4 Å². The number of hydrogen-bond acceptors (Lipinski definition) is 2. The molecule has 1 saturated carbocycles. The Morgan fingerprint density at radius 2 is 2.28 bits per heavy atom. The third-order valence-corrected chi connectivity index (χ3v) is 4.38. The molecular formula is C15H21N3. The molecule has 0 atom stereocenters. The number of rotatable bonds is 5. The van der Waals surface area contributed by atoms with Crippen LogP contribution in [0.15, 0.2) is 30.6 Å². The summed E-state index contributed by atoms with van der Waals surface area (Å²) < 4.78 is 2.08. The van der Waals surface area contributed by atoms with Crippen molar-refractivity contribution in [2.45, 2.75) is 39.2 Å². The van der Waals surface area contributed by atoms with Crippen LogP contribution in [0.3, 0.4) is 0 Å². The van der Waals surface area contributed by atoms with Gasteiger partial charge in [-0.2, -0.15) is 0 Å². The third-order valence-electron chi connectivity index (χ3n) is 4.38. The van der Waals surface area contributed by atoms with Crippen molar-refractivity contribution in [1.29, 1.82) is 0 Å². The highest BCUT2D eigenvalue weighted by atomic mass is 15.0. The molecule has 0 amide bonds. The van der Waals surface area contributed by atoms with Crippen LogP contribution in [-0.2, 0) is 6.54 Å². The first-order valence-corrected chi connectivity index (χ1v) is 6.95. The molecule has 1 N–H and O–H groups in total. The lowest BCUT2D eigenvalue weighted by molar-refractivity contribution is 0.123. The van der Waals surface area contributed by atoms with Crippen LogP contribution in [0.1, 0.15) is 38.3 Å². The maximum atomic E-state index is 4.60. The van der Waals surface area contributed by atoms with Crippen LogP contribution >= 0.6 is 0 Å². The van der Waals surface area contributed by atoms with Gasteiger partial charge >= 0.3 is 0 Å². The van der Waals surface area contributed by atoms with Crippen molar-refractivity contribution < 1.29 is 0 Å². The van der Waals surface area contributed by atoms with E-state index in [1.165, 1.54) is 25.7 Å². The van der Waals surface area contributed by atoms with Crippen LogP contribution in [0, 0.1) is 5.41 Å². The van der Waals surface area contributed by atoms with Gasteiger partial charge in [0, 0.05) is 25.5 Å². The normalized spacial score (nSPS) is 17.8. The fourth-order valence-electron chi connectivity index (χ4n) is 2.86. The lowest BCUT2D eigenvalue weighted by Crippen LogP contribution is -2.39. The third kappa shape index (κ3) is 2.15. The minimum atomic E-state index is 0.582. The summed E-state index contributed by atoms with van der Waals surface area (Å²) in [4.78, 5) is 4.60. The molecule has 0 aromatic carbocycles. The summed E-state index contributed by atoms with van der Waals surface area (Å²) in [6.45, 7) is 4.33. The van der Waals surface area contributed by atoms with Crippen molar-refractivity contribution in [3.63, 3.8) is 0 Å². The van der Waals surface area contributed by atoms with Crippen LogP contribution in [0.2, 0.25) is 0 Å². The van der Waals surface area contributed by atoms with Gasteiger partial charge in [-0.05, 0) is 36.8 Å². The summed E-state index contributed by atoms with van der Waals surface area (Å²) in [6, 6.07) is 6.11. The van der Waals surface area contributed by atoms with Crippen LogP contribution in [0.5, 0.6) is 0 Å². The zero-order chi connectivity index (χ0) is 12.4. The minimum Gasteiger partial charge on any atom is -0.311 e. The van der Waals surface area contributed by atoms with Crippen molar-refractivity contribution in [1.82, 2.24) is 14.7 Å². The zero-order valence-corrected chi connectivity index (χ0v) is 11.0. The molecule has 0 aliphatic heterocycles. The lowest BCUT2D eigenvalue weighted by Gasteiger charge is -2.41. The Balaban J connectivity index is 1.59. The molecule has 0 bridgehead atoms. The van der Waals surface area contributed by atoms with Gasteiger partial charge < -0.3 is 9.72 Å². The Morgan fingerprint density at radius 1 is 1.39 bits per heavy atom. The average Bonchev–Trinajstić information content (AvgIpc) is 2.75. The van der Waals surface area contributed by atoms with Gasteiger partial charge in [-0.15, -0.1) is 0 Å². The minimum absolute atomic E-state index is 0.582. The number of pyridine rings is 1. The largest absolute Gasteiger partial charge is 0.311 e. The van der Waals surface area contributed by atoms with Crippen molar-refractivity contribution in [3.05, 3.63) is 36.3 Å². The summed E-state index contributed by atoms with van der Waals surface area (Å²) in [6.07, 6.45) is 9.64. The second-order valence-electron chi connectivity index (χ2n) is 5.51. The predicted molar refractivity (Wildman–Crippen MR) is 73.5 cm³/mol. The molecule has 2 heterocycles. The van der Waals surface area contributed by atoms with Gasteiger partial charge in [0.2, 0.25) is 0 Å². The van der Waals surface area contributed by atoms with Crippen LogP contribution in [0.25, 0.3) is 5.65 Å². The summed E-state index contributed by atoms with van der Waals surface area (Å²) in [5.74, 6) is 0. The molecule has 0 spiro atoms. The van der Waals surface area contributed by atoms with Gasteiger partial charge in [-0.25, -0.2) is 4.98 Å². The smallest absolute Gasteiger partial charge is 0.137 e. The monoisotopic (exact) mass is 243 g/mol. The van der Waals surface area contributed by atoms with E-state index in [2.05, 4.69) is 27.8 Å². The van der Waals surface area contributed by atoms with E-state index in [9.17, 15) is 0 Å². The predicted octanol–water partition coefficient (Wildman–Crippen LogP) is 3.00. The second-order valence-corrected chi connectivity index (χ2v) is 5.51. The number of aromatic nitrogens is 2. The maximum absolute atomic E-state index is 4.60. The summed E-state index contributed by atoms with van der Waals surface area (Å²) in [7, 11) is 0. The molecule has 1 fully saturated rings. The number of imidazole rings is 1. The molecule has 1 aliphatic carbocycles. The molecule has 3 rings (SSSR count).